The summed E-state index contributed by atoms with van der Waals surface area (Å²) in [6, 6.07) is 32.6. The van der Waals surface area contributed by atoms with Gasteiger partial charge in [0.1, 0.15) is 18.1 Å². The van der Waals surface area contributed by atoms with Crippen molar-refractivity contribution in [3.05, 3.63) is 109 Å². The third-order valence-electron chi connectivity index (χ3n) is 6.79. The highest BCUT2D eigenvalue weighted by Crippen LogP contribution is 2.26. The van der Waals surface area contributed by atoms with Crippen molar-refractivity contribution < 1.29 is 14.3 Å². The lowest BCUT2D eigenvalue weighted by Crippen LogP contribution is -2.39. The third kappa shape index (κ3) is 5.89. The molecule has 0 unspecified atom stereocenters. The number of hydrogen-bond acceptors (Lipinski definition) is 4. The first-order valence-corrected chi connectivity index (χ1v) is 13.4. The molecule has 2 amide bonds. The van der Waals surface area contributed by atoms with Gasteiger partial charge in [-0.1, -0.05) is 80.1 Å². The van der Waals surface area contributed by atoms with Gasteiger partial charge in [0.15, 0.2) is 0 Å². The summed E-state index contributed by atoms with van der Waals surface area (Å²) in [6.45, 7) is 2.48. The summed E-state index contributed by atoms with van der Waals surface area (Å²) in [6.07, 6.45) is 1.71. The third-order valence-corrected chi connectivity index (χ3v) is 6.79. The first-order chi connectivity index (χ1) is 19.6. The van der Waals surface area contributed by atoms with Gasteiger partial charge in [-0.3, -0.25) is 9.59 Å². The second kappa shape index (κ2) is 12.3. The summed E-state index contributed by atoms with van der Waals surface area (Å²) in [7, 11) is 1.62. The smallest absolute Gasteiger partial charge is 0.254 e. The summed E-state index contributed by atoms with van der Waals surface area (Å²) in [4.78, 5) is 28.8. The molecule has 0 radical (unpaired) electrons. The maximum absolute atomic E-state index is 13.7. The van der Waals surface area contributed by atoms with Crippen molar-refractivity contribution in [3.8, 4) is 22.7 Å². The molecule has 0 aliphatic carbocycles. The molecule has 1 heterocycles. The minimum absolute atomic E-state index is 0.0729. The number of anilines is 1. The molecule has 0 atom stereocenters. The molecule has 5 aromatic rings. The Bertz CT molecular complexity index is 1610. The summed E-state index contributed by atoms with van der Waals surface area (Å²) in [5, 5.41) is 9.67. The van der Waals surface area contributed by atoms with Crippen molar-refractivity contribution in [1.29, 1.82) is 0 Å². The van der Waals surface area contributed by atoms with Gasteiger partial charge in [-0.25, -0.2) is 4.68 Å². The first-order valence-electron chi connectivity index (χ1n) is 13.4. The van der Waals surface area contributed by atoms with Crippen molar-refractivity contribution in [2.45, 2.75) is 19.8 Å². The number of amides is 2. The SMILES string of the molecule is CCCCN(CC(=O)Nc1cc(-c2ccccc2)nn1-c1ccc(OC)cc1)C(=O)c1cccc2ccccc12. The summed E-state index contributed by atoms with van der Waals surface area (Å²) in [5.74, 6) is 0.790. The van der Waals surface area contributed by atoms with Gasteiger partial charge >= 0.3 is 0 Å². The van der Waals surface area contributed by atoms with Crippen LogP contribution in [0.25, 0.3) is 27.7 Å². The lowest BCUT2D eigenvalue weighted by atomic mass is 10.0. The highest BCUT2D eigenvalue weighted by Gasteiger charge is 2.22. The summed E-state index contributed by atoms with van der Waals surface area (Å²) >= 11 is 0. The van der Waals surface area contributed by atoms with Crippen LogP contribution < -0.4 is 10.1 Å². The Morgan fingerprint density at radius 2 is 1.62 bits per heavy atom. The molecule has 202 valence electrons. The molecule has 1 aromatic heterocycles. The molecule has 0 spiro atoms. The van der Waals surface area contributed by atoms with Gasteiger partial charge in [0.05, 0.1) is 18.5 Å². The minimum atomic E-state index is -0.293. The maximum Gasteiger partial charge on any atom is 0.254 e. The van der Waals surface area contributed by atoms with Gasteiger partial charge in [0, 0.05) is 23.7 Å². The molecular formula is C33H32N4O3. The number of ether oxygens (including phenoxy) is 1. The van der Waals surface area contributed by atoms with E-state index in [9.17, 15) is 9.59 Å². The van der Waals surface area contributed by atoms with Crippen LogP contribution in [0.3, 0.4) is 0 Å². The van der Waals surface area contributed by atoms with Crippen LogP contribution in [-0.4, -0.2) is 46.7 Å². The van der Waals surface area contributed by atoms with E-state index in [1.165, 1.54) is 0 Å². The van der Waals surface area contributed by atoms with Gasteiger partial charge in [-0.15, -0.1) is 0 Å². The summed E-state index contributed by atoms with van der Waals surface area (Å²) in [5.41, 5.74) is 3.02. The molecule has 0 saturated heterocycles. The van der Waals surface area contributed by atoms with Crippen molar-refractivity contribution in [2.75, 3.05) is 25.5 Å². The van der Waals surface area contributed by atoms with Crippen LogP contribution in [0.2, 0.25) is 0 Å². The first kappa shape index (κ1) is 26.7. The highest BCUT2D eigenvalue weighted by molar-refractivity contribution is 6.08. The molecule has 0 fully saturated rings. The van der Waals surface area contributed by atoms with E-state index < -0.39 is 0 Å². The number of nitrogens with zero attached hydrogens (tertiary/aromatic N) is 3. The van der Waals surface area contributed by atoms with Crippen molar-refractivity contribution >= 4 is 28.4 Å². The van der Waals surface area contributed by atoms with Gasteiger partial charge in [-0.2, -0.15) is 5.10 Å². The average Bonchev–Trinajstić information content (AvgIpc) is 3.42. The van der Waals surface area contributed by atoms with E-state index in [-0.39, 0.29) is 18.4 Å². The van der Waals surface area contributed by atoms with Crippen molar-refractivity contribution in [2.24, 2.45) is 0 Å². The fourth-order valence-electron chi connectivity index (χ4n) is 4.68. The number of benzene rings is 4. The van der Waals surface area contributed by atoms with E-state index in [2.05, 4.69) is 12.2 Å². The fourth-order valence-corrected chi connectivity index (χ4v) is 4.68. The number of nitrogens with one attached hydrogen (secondary N) is 1. The van der Waals surface area contributed by atoms with Crippen LogP contribution in [0.4, 0.5) is 5.82 Å². The van der Waals surface area contributed by atoms with Gasteiger partial charge < -0.3 is 15.0 Å². The Morgan fingerprint density at radius 1 is 0.900 bits per heavy atom. The maximum atomic E-state index is 13.7. The zero-order valence-electron chi connectivity index (χ0n) is 22.7. The topological polar surface area (TPSA) is 76.5 Å². The van der Waals surface area contributed by atoms with E-state index in [0.717, 1.165) is 46.3 Å². The number of carbonyl (C=O) groups is 2. The predicted molar refractivity (Wildman–Crippen MR) is 159 cm³/mol. The van der Waals surface area contributed by atoms with Crippen LogP contribution in [0.5, 0.6) is 5.75 Å². The molecule has 0 bridgehead atoms. The normalized spacial score (nSPS) is 10.8. The quantitative estimate of drug-likeness (QED) is 0.220. The van der Waals surface area contributed by atoms with Crippen molar-refractivity contribution in [3.63, 3.8) is 0 Å². The largest absolute Gasteiger partial charge is 0.497 e. The van der Waals surface area contributed by atoms with Gasteiger partial charge in [0.25, 0.3) is 5.91 Å². The summed E-state index contributed by atoms with van der Waals surface area (Å²) < 4.78 is 7.00. The highest BCUT2D eigenvalue weighted by atomic mass is 16.5. The Kier molecular flexibility index (Phi) is 8.21. The second-order valence-corrected chi connectivity index (χ2v) is 9.55. The molecule has 4 aromatic carbocycles. The second-order valence-electron chi connectivity index (χ2n) is 9.55. The van der Waals surface area contributed by atoms with Crippen LogP contribution >= 0.6 is 0 Å². The lowest BCUT2D eigenvalue weighted by molar-refractivity contribution is -0.116. The van der Waals surface area contributed by atoms with Crippen LogP contribution in [0, 0.1) is 0 Å². The van der Waals surface area contributed by atoms with Gasteiger partial charge in [0.2, 0.25) is 5.91 Å². The monoisotopic (exact) mass is 532 g/mol. The molecule has 40 heavy (non-hydrogen) atoms. The molecule has 7 heteroatoms. The zero-order chi connectivity index (χ0) is 27.9. The number of rotatable bonds is 10. The number of aromatic nitrogens is 2. The molecule has 0 saturated carbocycles. The van der Waals surface area contributed by atoms with E-state index in [0.29, 0.717) is 17.9 Å². The number of methoxy groups -OCH3 is 1. The Balaban J connectivity index is 1.43. The lowest BCUT2D eigenvalue weighted by Gasteiger charge is -2.23. The van der Waals surface area contributed by atoms with E-state index in [1.54, 1.807) is 16.7 Å². The van der Waals surface area contributed by atoms with Crippen molar-refractivity contribution in [1.82, 2.24) is 14.7 Å². The molecule has 1 N–H and O–H groups in total. The number of hydrogen-bond donors (Lipinski definition) is 1. The molecule has 0 aliphatic rings. The average molecular weight is 533 g/mol. The van der Waals surface area contributed by atoms with E-state index in [1.807, 2.05) is 103 Å². The molecular weight excluding hydrogens is 500 g/mol. The van der Waals surface area contributed by atoms with Crippen LogP contribution in [0.1, 0.15) is 30.1 Å². The Hall–Kier alpha value is -4.91. The molecule has 7 nitrogen and oxygen atoms in total. The standard InChI is InChI=1S/C33H32N4O3/c1-3-4-21-36(33(39)29-16-10-14-24-11-8-9-15-28(24)29)23-32(38)34-31-22-30(25-12-6-5-7-13-25)35-37(31)26-17-19-27(40-2)20-18-26/h5-20,22H,3-4,21,23H2,1-2H3,(H,34,38). The minimum Gasteiger partial charge on any atom is -0.497 e. The zero-order valence-corrected chi connectivity index (χ0v) is 22.7. The Morgan fingerprint density at radius 3 is 2.38 bits per heavy atom. The van der Waals surface area contributed by atoms with Crippen LogP contribution in [0.15, 0.2) is 103 Å². The fraction of sp³-hybridized carbons (Fsp3) is 0.182. The van der Waals surface area contributed by atoms with Gasteiger partial charge in [-0.05, 0) is 47.5 Å². The number of unbranched alkanes of at least 4 members (excludes halogenated alkanes) is 1. The van der Waals surface area contributed by atoms with E-state index >= 15 is 0 Å². The Labute approximate surface area is 234 Å². The predicted octanol–water partition coefficient (Wildman–Crippen LogP) is 6.58. The molecule has 5 rings (SSSR count). The number of carbonyl (C=O) groups excluding carboxylic acids is 2. The molecule has 0 aliphatic heterocycles. The number of fused-ring (bicyclic) bond motifs is 1. The van der Waals surface area contributed by atoms with E-state index in [4.69, 9.17) is 9.84 Å². The van der Waals surface area contributed by atoms with Crippen LogP contribution in [-0.2, 0) is 4.79 Å².